The minimum absolute atomic E-state index is 0.0676. The van der Waals surface area contributed by atoms with E-state index < -0.39 is 0 Å². The number of carbonyl (C=O) groups is 1. The summed E-state index contributed by atoms with van der Waals surface area (Å²) < 4.78 is 2.99. The minimum atomic E-state index is -0.264. The van der Waals surface area contributed by atoms with Gasteiger partial charge in [0.1, 0.15) is 6.54 Å². The molecule has 0 saturated heterocycles. The van der Waals surface area contributed by atoms with E-state index in [0.29, 0.717) is 12.2 Å². The molecule has 0 atom stereocenters. The molecule has 0 fully saturated rings. The largest absolute Gasteiger partial charge is 0.350 e. The first-order valence-electron chi connectivity index (χ1n) is 7.74. The van der Waals surface area contributed by atoms with Gasteiger partial charge in [-0.05, 0) is 18.6 Å². The zero-order chi connectivity index (χ0) is 17.8. The number of pyridine rings is 1. The van der Waals surface area contributed by atoms with Gasteiger partial charge >= 0.3 is 0 Å². The van der Waals surface area contributed by atoms with Crippen molar-refractivity contribution in [2.24, 2.45) is 7.05 Å². The van der Waals surface area contributed by atoms with Gasteiger partial charge in [0.25, 0.3) is 5.56 Å². The van der Waals surface area contributed by atoms with Crippen molar-refractivity contribution in [3.8, 4) is 11.1 Å². The molecule has 0 spiro atoms. The maximum absolute atomic E-state index is 12.0. The zero-order valence-electron chi connectivity index (χ0n) is 14.0. The summed E-state index contributed by atoms with van der Waals surface area (Å²) in [5.74, 6) is -0.264. The van der Waals surface area contributed by atoms with E-state index in [-0.39, 0.29) is 18.0 Å². The lowest BCUT2D eigenvalue weighted by Gasteiger charge is -2.08. The SMILES string of the molecule is Cc1cc(=O)n(CC(=O)NCc2cncc(-c3cnn(C)c3)c2)cn1. The van der Waals surface area contributed by atoms with Gasteiger partial charge in [0, 0.05) is 55.1 Å². The second-order valence-electron chi connectivity index (χ2n) is 5.76. The van der Waals surface area contributed by atoms with Crippen LogP contribution in [0.4, 0.5) is 0 Å². The third-order valence-corrected chi connectivity index (χ3v) is 3.65. The summed E-state index contributed by atoms with van der Waals surface area (Å²) in [7, 11) is 1.85. The Labute approximate surface area is 144 Å². The predicted molar refractivity (Wildman–Crippen MR) is 91.5 cm³/mol. The van der Waals surface area contributed by atoms with E-state index in [2.05, 4.69) is 20.4 Å². The highest BCUT2D eigenvalue weighted by molar-refractivity contribution is 5.75. The van der Waals surface area contributed by atoms with Crippen LogP contribution in [0.1, 0.15) is 11.3 Å². The maximum Gasteiger partial charge on any atom is 0.253 e. The minimum Gasteiger partial charge on any atom is -0.350 e. The number of nitrogens with zero attached hydrogens (tertiary/aromatic N) is 5. The van der Waals surface area contributed by atoms with Crippen LogP contribution in [-0.2, 0) is 24.9 Å². The van der Waals surface area contributed by atoms with Crippen LogP contribution >= 0.6 is 0 Å². The van der Waals surface area contributed by atoms with Crippen molar-refractivity contribution in [3.63, 3.8) is 0 Å². The van der Waals surface area contributed by atoms with E-state index in [9.17, 15) is 9.59 Å². The van der Waals surface area contributed by atoms with E-state index in [1.54, 1.807) is 30.2 Å². The Kier molecular flexibility index (Phi) is 4.69. The first-order chi connectivity index (χ1) is 12.0. The maximum atomic E-state index is 12.0. The lowest BCUT2D eigenvalue weighted by atomic mass is 10.1. The van der Waals surface area contributed by atoms with Crippen LogP contribution in [0, 0.1) is 6.92 Å². The van der Waals surface area contributed by atoms with Crippen molar-refractivity contribution in [3.05, 3.63) is 64.9 Å². The monoisotopic (exact) mass is 338 g/mol. The number of hydrogen-bond donors (Lipinski definition) is 1. The summed E-state index contributed by atoms with van der Waals surface area (Å²) in [5, 5.41) is 6.92. The molecule has 0 aliphatic carbocycles. The number of amides is 1. The highest BCUT2D eigenvalue weighted by Gasteiger charge is 2.07. The van der Waals surface area contributed by atoms with Crippen molar-refractivity contribution in [1.29, 1.82) is 0 Å². The van der Waals surface area contributed by atoms with Crippen LogP contribution in [0.3, 0.4) is 0 Å². The second-order valence-corrected chi connectivity index (χ2v) is 5.76. The fourth-order valence-corrected chi connectivity index (χ4v) is 2.36. The third kappa shape index (κ3) is 4.17. The topological polar surface area (TPSA) is 94.7 Å². The Balaban J connectivity index is 1.63. The standard InChI is InChI=1S/C17H18N6O2/c1-12-3-17(25)23(11-20-12)10-16(24)19-6-13-4-14(7-18-5-13)15-8-21-22(2)9-15/h3-5,7-9,11H,6,10H2,1-2H3,(H,19,24). The van der Waals surface area contributed by atoms with Crippen LogP contribution in [0.2, 0.25) is 0 Å². The highest BCUT2D eigenvalue weighted by Crippen LogP contribution is 2.18. The zero-order valence-corrected chi connectivity index (χ0v) is 14.0. The number of aromatic nitrogens is 5. The van der Waals surface area contributed by atoms with Crippen molar-refractivity contribution in [2.75, 3.05) is 0 Å². The molecule has 8 nitrogen and oxygen atoms in total. The van der Waals surface area contributed by atoms with Crippen LogP contribution in [0.25, 0.3) is 11.1 Å². The number of rotatable bonds is 5. The summed E-state index contributed by atoms with van der Waals surface area (Å²) in [6.07, 6.45) is 8.48. The summed E-state index contributed by atoms with van der Waals surface area (Å²) >= 11 is 0. The average molecular weight is 338 g/mol. The quantitative estimate of drug-likeness (QED) is 0.737. The molecule has 1 N–H and O–H groups in total. The van der Waals surface area contributed by atoms with Gasteiger partial charge in [-0.1, -0.05) is 0 Å². The smallest absolute Gasteiger partial charge is 0.253 e. The van der Waals surface area contributed by atoms with E-state index >= 15 is 0 Å². The molecule has 8 heteroatoms. The van der Waals surface area contributed by atoms with Gasteiger partial charge in [-0.25, -0.2) is 4.98 Å². The van der Waals surface area contributed by atoms with Crippen molar-refractivity contribution in [2.45, 2.75) is 20.0 Å². The molecule has 0 aliphatic rings. The van der Waals surface area contributed by atoms with Gasteiger partial charge in [0.15, 0.2) is 0 Å². The average Bonchev–Trinajstić information content (AvgIpc) is 3.02. The summed E-state index contributed by atoms with van der Waals surface area (Å²) in [6, 6.07) is 3.35. The molecule has 0 radical (unpaired) electrons. The Hall–Kier alpha value is -3.29. The molecule has 0 saturated carbocycles. The molecule has 0 aliphatic heterocycles. The normalized spacial score (nSPS) is 10.6. The fraction of sp³-hybridized carbons (Fsp3) is 0.235. The molecule has 1 amide bonds. The molecule has 3 heterocycles. The van der Waals surface area contributed by atoms with Crippen molar-refractivity contribution >= 4 is 5.91 Å². The first-order valence-corrected chi connectivity index (χ1v) is 7.74. The Morgan fingerprint density at radius 1 is 1.20 bits per heavy atom. The highest BCUT2D eigenvalue weighted by atomic mass is 16.2. The molecule has 128 valence electrons. The summed E-state index contributed by atoms with van der Waals surface area (Å²) in [6.45, 7) is 1.99. The lowest BCUT2D eigenvalue weighted by Crippen LogP contribution is -2.32. The van der Waals surface area contributed by atoms with E-state index in [1.165, 1.54) is 17.0 Å². The fourth-order valence-electron chi connectivity index (χ4n) is 2.36. The number of carbonyl (C=O) groups excluding carboxylic acids is 1. The van der Waals surface area contributed by atoms with Gasteiger partial charge in [0.05, 0.1) is 12.5 Å². The predicted octanol–water partition coefficient (Wildman–Crippen LogP) is 0.664. The van der Waals surface area contributed by atoms with Crippen molar-refractivity contribution < 1.29 is 4.79 Å². The molecule has 0 bridgehead atoms. The van der Waals surface area contributed by atoms with Crippen LogP contribution < -0.4 is 10.9 Å². The van der Waals surface area contributed by atoms with Crippen LogP contribution in [0.5, 0.6) is 0 Å². The van der Waals surface area contributed by atoms with Crippen LogP contribution in [-0.4, -0.2) is 30.2 Å². The molecule has 0 unspecified atom stereocenters. The molecule has 0 aromatic carbocycles. The Bertz CT molecular complexity index is 960. The lowest BCUT2D eigenvalue weighted by molar-refractivity contribution is -0.121. The molecular formula is C17H18N6O2. The Morgan fingerprint density at radius 3 is 2.76 bits per heavy atom. The number of aryl methyl sites for hydroxylation is 2. The molecule has 3 aromatic heterocycles. The van der Waals surface area contributed by atoms with Gasteiger partial charge in [-0.15, -0.1) is 0 Å². The van der Waals surface area contributed by atoms with Crippen LogP contribution in [0.15, 0.2) is 48.0 Å². The molecule has 3 aromatic rings. The third-order valence-electron chi connectivity index (χ3n) is 3.65. The molecule has 3 rings (SSSR count). The second kappa shape index (κ2) is 7.08. The van der Waals surface area contributed by atoms with Gasteiger partial charge in [0.2, 0.25) is 5.91 Å². The van der Waals surface area contributed by atoms with Gasteiger partial charge < -0.3 is 5.32 Å². The van der Waals surface area contributed by atoms with Crippen molar-refractivity contribution in [1.82, 2.24) is 29.6 Å². The summed E-state index contributed by atoms with van der Waals surface area (Å²) in [4.78, 5) is 32.1. The summed E-state index contributed by atoms with van der Waals surface area (Å²) in [5.41, 5.74) is 3.13. The van der Waals surface area contributed by atoms with E-state index in [4.69, 9.17) is 0 Å². The van der Waals surface area contributed by atoms with Gasteiger partial charge in [-0.3, -0.25) is 23.8 Å². The van der Waals surface area contributed by atoms with E-state index in [1.807, 2.05) is 19.3 Å². The molecule has 25 heavy (non-hydrogen) atoms. The van der Waals surface area contributed by atoms with Gasteiger partial charge in [-0.2, -0.15) is 5.10 Å². The number of nitrogens with one attached hydrogen (secondary N) is 1. The van der Waals surface area contributed by atoms with E-state index in [0.717, 1.165) is 16.7 Å². The molecular weight excluding hydrogens is 320 g/mol. The Morgan fingerprint density at radius 2 is 2.04 bits per heavy atom. The first kappa shape index (κ1) is 16.6. The number of hydrogen-bond acceptors (Lipinski definition) is 5.